The Morgan fingerprint density at radius 2 is 1.65 bits per heavy atom. The molecule has 0 saturated carbocycles. The monoisotopic (exact) mass is 320 g/mol. The van der Waals surface area contributed by atoms with Crippen LogP contribution in [0.3, 0.4) is 0 Å². The lowest BCUT2D eigenvalue weighted by atomic mass is 10.1. The van der Waals surface area contributed by atoms with Gasteiger partial charge in [0.2, 0.25) is 0 Å². The predicted molar refractivity (Wildman–Crippen MR) is 85.4 cm³/mol. The van der Waals surface area contributed by atoms with E-state index in [-0.39, 0.29) is 13.2 Å². The molecule has 1 radical (unpaired) electrons. The molecule has 0 aromatic heterocycles. The van der Waals surface area contributed by atoms with E-state index in [1.54, 1.807) is 18.2 Å². The van der Waals surface area contributed by atoms with Gasteiger partial charge in [-0.15, -0.1) is 0 Å². The van der Waals surface area contributed by atoms with E-state index in [2.05, 4.69) is 5.32 Å². The molecule has 0 unspecified atom stereocenters. The first-order valence-corrected chi connectivity index (χ1v) is 7.22. The molecule has 2 rings (SSSR count). The summed E-state index contributed by atoms with van der Waals surface area (Å²) in [4.78, 5) is 0. The SMILES string of the molecule is [O]Cc1cccc(C=Cc2ccc(NCCC(F)(F)F)cc2)c1. The largest absolute Gasteiger partial charge is 0.390 e. The topological polar surface area (TPSA) is 31.9 Å². The average Bonchev–Trinajstić information content (AvgIpc) is 2.53. The third-order valence-corrected chi connectivity index (χ3v) is 3.23. The van der Waals surface area contributed by atoms with E-state index in [1.807, 2.05) is 42.5 Å². The second kappa shape index (κ2) is 7.83. The standard InChI is InChI=1S/C18H17F3NO/c19-18(20,21)10-11-22-17-8-6-14(7-9-17)4-5-15-2-1-3-16(12-15)13-23/h1-9,12,22H,10-11,13H2. The summed E-state index contributed by atoms with van der Waals surface area (Å²) < 4.78 is 36.2. The molecule has 5 heteroatoms. The average molecular weight is 320 g/mol. The number of hydrogen-bond donors (Lipinski definition) is 1. The highest BCUT2D eigenvalue weighted by Gasteiger charge is 2.25. The molecule has 2 nitrogen and oxygen atoms in total. The number of alkyl halides is 3. The Kier molecular flexibility index (Phi) is 5.82. The van der Waals surface area contributed by atoms with Crippen molar-refractivity contribution in [1.82, 2.24) is 0 Å². The van der Waals surface area contributed by atoms with E-state index >= 15 is 0 Å². The van der Waals surface area contributed by atoms with Crippen molar-refractivity contribution in [2.24, 2.45) is 0 Å². The summed E-state index contributed by atoms with van der Waals surface area (Å²) in [5, 5.41) is 13.6. The van der Waals surface area contributed by atoms with E-state index in [0.717, 1.165) is 16.7 Å². The quantitative estimate of drug-likeness (QED) is 0.733. The van der Waals surface area contributed by atoms with Crippen LogP contribution in [-0.2, 0) is 11.7 Å². The molecular formula is C18H17F3NO. The van der Waals surface area contributed by atoms with Crippen molar-refractivity contribution in [3.63, 3.8) is 0 Å². The fourth-order valence-electron chi connectivity index (χ4n) is 2.04. The third kappa shape index (κ3) is 6.16. The highest BCUT2D eigenvalue weighted by atomic mass is 19.4. The lowest BCUT2D eigenvalue weighted by molar-refractivity contribution is -0.131. The number of hydrogen-bond acceptors (Lipinski definition) is 1. The van der Waals surface area contributed by atoms with E-state index in [1.165, 1.54) is 0 Å². The maximum atomic E-state index is 12.1. The van der Waals surface area contributed by atoms with E-state index in [4.69, 9.17) is 0 Å². The molecule has 1 N–H and O–H groups in total. The highest BCUT2D eigenvalue weighted by Crippen LogP contribution is 2.20. The maximum absolute atomic E-state index is 12.1. The normalized spacial score (nSPS) is 11.8. The second-order valence-corrected chi connectivity index (χ2v) is 5.14. The fourth-order valence-corrected chi connectivity index (χ4v) is 2.04. The first kappa shape index (κ1) is 17.1. The van der Waals surface area contributed by atoms with Crippen LogP contribution in [0.1, 0.15) is 23.1 Å². The van der Waals surface area contributed by atoms with Crippen molar-refractivity contribution in [2.45, 2.75) is 19.2 Å². The van der Waals surface area contributed by atoms with Crippen molar-refractivity contribution in [3.8, 4) is 0 Å². The summed E-state index contributed by atoms with van der Waals surface area (Å²) in [6, 6.07) is 14.5. The van der Waals surface area contributed by atoms with E-state index < -0.39 is 12.6 Å². The number of nitrogens with one attached hydrogen (secondary N) is 1. The molecule has 0 atom stereocenters. The Bertz CT molecular complexity index is 648. The van der Waals surface area contributed by atoms with Crippen LogP contribution in [0.2, 0.25) is 0 Å². The van der Waals surface area contributed by atoms with Crippen LogP contribution < -0.4 is 5.32 Å². The van der Waals surface area contributed by atoms with Gasteiger partial charge in [0.15, 0.2) is 0 Å². The van der Waals surface area contributed by atoms with E-state index in [0.29, 0.717) is 5.69 Å². The van der Waals surface area contributed by atoms with Crippen LogP contribution in [0.15, 0.2) is 48.5 Å². The van der Waals surface area contributed by atoms with Gasteiger partial charge in [-0.2, -0.15) is 13.2 Å². The highest BCUT2D eigenvalue weighted by molar-refractivity contribution is 5.70. The van der Waals surface area contributed by atoms with Gasteiger partial charge in [0.1, 0.15) is 6.61 Å². The van der Waals surface area contributed by atoms with Gasteiger partial charge in [-0.1, -0.05) is 42.5 Å². The Labute approximate surface area is 133 Å². The number of benzene rings is 2. The van der Waals surface area contributed by atoms with Gasteiger partial charge in [0.05, 0.1) is 6.42 Å². The Morgan fingerprint density at radius 1 is 0.957 bits per heavy atom. The third-order valence-electron chi connectivity index (χ3n) is 3.23. The molecule has 0 aliphatic heterocycles. The summed E-state index contributed by atoms with van der Waals surface area (Å²) >= 11 is 0. The molecule has 0 aliphatic rings. The van der Waals surface area contributed by atoms with Crippen molar-refractivity contribution in [1.29, 1.82) is 0 Å². The van der Waals surface area contributed by atoms with Crippen LogP contribution in [0.5, 0.6) is 0 Å². The molecule has 0 bridgehead atoms. The number of rotatable bonds is 6. The van der Waals surface area contributed by atoms with Crippen molar-refractivity contribution >= 4 is 17.8 Å². The Morgan fingerprint density at radius 3 is 2.30 bits per heavy atom. The van der Waals surface area contributed by atoms with Gasteiger partial charge in [-0.05, 0) is 34.9 Å². The molecule has 0 fully saturated rings. The van der Waals surface area contributed by atoms with Gasteiger partial charge >= 0.3 is 6.18 Å². The lowest BCUT2D eigenvalue weighted by Crippen LogP contribution is -2.14. The molecule has 0 aliphatic carbocycles. The summed E-state index contributed by atoms with van der Waals surface area (Å²) in [7, 11) is 0. The zero-order valence-electron chi connectivity index (χ0n) is 12.4. The van der Waals surface area contributed by atoms with Crippen molar-refractivity contribution in [3.05, 3.63) is 65.2 Å². The lowest BCUT2D eigenvalue weighted by Gasteiger charge is -2.08. The van der Waals surface area contributed by atoms with Crippen LogP contribution >= 0.6 is 0 Å². The Balaban J connectivity index is 1.92. The predicted octanol–water partition coefficient (Wildman–Crippen LogP) is 5.15. The molecule has 2 aromatic carbocycles. The minimum absolute atomic E-state index is 0.138. The summed E-state index contributed by atoms with van der Waals surface area (Å²) in [6.45, 7) is -0.388. The van der Waals surface area contributed by atoms with Gasteiger partial charge in [-0.3, -0.25) is 0 Å². The first-order valence-electron chi connectivity index (χ1n) is 7.22. The summed E-state index contributed by atoms with van der Waals surface area (Å²) in [5.41, 5.74) is 3.25. The van der Waals surface area contributed by atoms with E-state index in [9.17, 15) is 18.3 Å². The van der Waals surface area contributed by atoms with Crippen LogP contribution in [0.4, 0.5) is 18.9 Å². The van der Waals surface area contributed by atoms with Crippen LogP contribution in [0.25, 0.3) is 12.2 Å². The first-order chi connectivity index (χ1) is 11.0. The second-order valence-electron chi connectivity index (χ2n) is 5.14. The number of halogens is 3. The zero-order chi connectivity index (χ0) is 16.7. The molecule has 2 aromatic rings. The van der Waals surface area contributed by atoms with Crippen LogP contribution in [-0.4, -0.2) is 12.7 Å². The van der Waals surface area contributed by atoms with Crippen LogP contribution in [0, 0.1) is 0 Å². The minimum Gasteiger partial charge on any atom is -0.385 e. The summed E-state index contributed by atoms with van der Waals surface area (Å²) in [5.74, 6) is 0. The molecule has 0 heterocycles. The number of anilines is 1. The fraction of sp³-hybridized carbons (Fsp3) is 0.222. The molecule has 0 spiro atoms. The smallest absolute Gasteiger partial charge is 0.385 e. The van der Waals surface area contributed by atoms with Gasteiger partial charge < -0.3 is 5.32 Å². The summed E-state index contributed by atoms with van der Waals surface area (Å²) in [6.07, 6.45) is -1.21. The van der Waals surface area contributed by atoms with Gasteiger partial charge in [-0.25, -0.2) is 5.11 Å². The van der Waals surface area contributed by atoms with Gasteiger partial charge in [0.25, 0.3) is 0 Å². The van der Waals surface area contributed by atoms with Crippen molar-refractivity contribution in [2.75, 3.05) is 11.9 Å². The maximum Gasteiger partial charge on any atom is 0.390 e. The molecule has 121 valence electrons. The molecule has 0 amide bonds. The Hall–Kier alpha value is -2.27. The van der Waals surface area contributed by atoms with Gasteiger partial charge in [0, 0.05) is 12.2 Å². The minimum atomic E-state index is -4.14. The molecule has 0 saturated heterocycles. The van der Waals surface area contributed by atoms with Crippen molar-refractivity contribution < 1.29 is 18.3 Å². The zero-order valence-corrected chi connectivity index (χ0v) is 12.4. The molecule has 23 heavy (non-hydrogen) atoms. The molecular weight excluding hydrogens is 303 g/mol.